The van der Waals surface area contributed by atoms with E-state index >= 15 is 0 Å². The largest absolute Gasteiger partial charge is 0.455 e. The van der Waals surface area contributed by atoms with Crippen molar-refractivity contribution >= 4 is 39.1 Å². The Kier molecular flexibility index (Phi) is 4.59. The van der Waals surface area contributed by atoms with Crippen molar-refractivity contribution in [1.29, 1.82) is 5.26 Å². The molecule has 0 aliphatic carbocycles. The zero-order valence-electron chi connectivity index (χ0n) is 12.5. The molecule has 0 radical (unpaired) electrons. The quantitative estimate of drug-likeness (QED) is 0.699. The molecule has 1 amide bonds. The van der Waals surface area contributed by atoms with Gasteiger partial charge in [-0.05, 0) is 23.1 Å². The molecule has 0 bridgehead atoms. The molecular formula is C17H13N3O3S. The Hall–Kier alpha value is -3.11. The van der Waals surface area contributed by atoms with Crippen LogP contribution in [0.3, 0.4) is 0 Å². The summed E-state index contributed by atoms with van der Waals surface area (Å²) >= 11 is 1.24. The maximum atomic E-state index is 11.9. The van der Waals surface area contributed by atoms with Crippen LogP contribution < -0.4 is 5.32 Å². The van der Waals surface area contributed by atoms with Gasteiger partial charge >= 0.3 is 5.97 Å². The number of rotatable bonds is 5. The number of nitrogens with one attached hydrogen (secondary N) is 2. The third-order valence-electron chi connectivity index (χ3n) is 3.41. The summed E-state index contributed by atoms with van der Waals surface area (Å²) < 4.78 is 5.01. The minimum absolute atomic E-state index is 0.0831. The summed E-state index contributed by atoms with van der Waals surface area (Å²) in [6, 6.07) is 11.2. The van der Waals surface area contributed by atoms with Crippen molar-refractivity contribution in [2.24, 2.45) is 0 Å². The van der Waals surface area contributed by atoms with E-state index in [1.165, 1.54) is 11.3 Å². The highest BCUT2D eigenvalue weighted by Gasteiger charge is 2.13. The molecule has 0 fully saturated rings. The summed E-state index contributed by atoms with van der Waals surface area (Å²) in [5.74, 6) is -0.956. The average Bonchev–Trinajstić information content (AvgIpc) is 3.20. The second kappa shape index (κ2) is 6.98. The van der Waals surface area contributed by atoms with Crippen molar-refractivity contribution in [3.8, 4) is 6.07 Å². The molecule has 2 aromatic heterocycles. The topological polar surface area (TPSA) is 95.0 Å². The summed E-state index contributed by atoms with van der Waals surface area (Å²) in [4.78, 5) is 26.8. The first-order chi connectivity index (χ1) is 11.7. The molecule has 3 rings (SSSR count). The highest BCUT2D eigenvalue weighted by atomic mass is 32.1. The van der Waals surface area contributed by atoms with Gasteiger partial charge < -0.3 is 15.0 Å². The summed E-state index contributed by atoms with van der Waals surface area (Å²) in [5.41, 5.74) is 2.15. The van der Waals surface area contributed by atoms with Crippen LogP contribution in [0.2, 0.25) is 0 Å². The lowest BCUT2D eigenvalue weighted by molar-refractivity contribution is -0.146. The van der Waals surface area contributed by atoms with Crippen LogP contribution in [-0.4, -0.2) is 23.5 Å². The number of aromatic amines is 1. The molecular weight excluding hydrogens is 326 g/mol. The highest BCUT2D eigenvalue weighted by molar-refractivity contribution is 7.14. The Balaban J connectivity index is 1.54. The molecule has 0 saturated carbocycles. The third kappa shape index (κ3) is 3.45. The van der Waals surface area contributed by atoms with Crippen molar-refractivity contribution in [2.75, 3.05) is 11.9 Å². The Morgan fingerprint density at radius 3 is 2.96 bits per heavy atom. The van der Waals surface area contributed by atoms with Crippen LogP contribution in [0.15, 0.2) is 41.9 Å². The van der Waals surface area contributed by atoms with Crippen molar-refractivity contribution in [1.82, 2.24) is 4.98 Å². The number of ether oxygens (including phenoxy) is 1. The van der Waals surface area contributed by atoms with E-state index in [1.807, 2.05) is 30.3 Å². The number of fused-ring (bicyclic) bond motifs is 1. The number of carbonyl (C=O) groups excluding carboxylic acids is 2. The number of hydrogen-bond acceptors (Lipinski definition) is 5. The average molecular weight is 339 g/mol. The number of amides is 1. The van der Waals surface area contributed by atoms with E-state index in [0.717, 1.165) is 16.5 Å². The normalized spacial score (nSPS) is 10.3. The monoisotopic (exact) mass is 339 g/mol. The SMILES string of the molecule is N#Cc1ccsc1NC(=O)COC(=O)Cc1c[nH]c2ccccc12. The zero-order valence-corrected chi connectivity index (χ0v) is 13.4. The molecule has 1 aromatic carbocycles. The van der Waals surface area contributed by atoms with E-state index in [1.54, 1.807) is 17.6 Å². The fraction of sp³-hybridized carbons (Fsp3) is 0.118. The van der Waals surface area contributed by atoms with Crippen LogP contribution in [0.25, 0.3) is 10.9 Å². The molecule has 120 valence electrons. The minimum Gasteiger partial charge on any atom is -0.455 e. The van der Waals surface area contributed by atoms with Gasteiger partial charge in [-0.3, -0.25) is 9.59 Å². The van der Waals surface area contributed by atoms with Crippen molar-refractivity contribution in [3.05, 3.63) is 53.0 Å². The maximum absolute atomic E-state index is 11.9. The smallest absolute Gasteiger partial charge is 0.310 e. The number of carbonyl (C=O) groups is 2. The van der Waals surface area contributed by atoms with Crippen LogP contribution >= 0.6 is 11.3 Å². The van der Waals surface area contributed by atoms with Crippen LogP contribution in [0.5, 0.6) is 0 Å². The van der Waals surface area contributed by atoms with Gasteiger partial charge in [0.2, 0.25) is 0 Å². The predicted molar refractivity (Wildman–Crippen MR) is 90.6 cm³/mol. The molecule has 0 spiro atoms. The van der Waals surface area contributed by atoms with Gasteiger partial charge in [-0.1, -0.05) is 18.2 Å². The molecule has 2 heterocycles. The second-order valence-electron chi connectivity index (χ2n) is 5.02. The van der Waals surface area contributed by atoms with Gasteiger partial charge in [-0.2, -0.15) is 5.26 Å². The van der Waals surface area contributed by atoms with Crippen LogP contribution in [-0.2, 0) is 20.7 Å². The maximum Gasteiger partial charge on any atom is 0.310 e. The van der Waals surface area contributed by atoms with Gasteiger partial charge in [0.05, 0.1) is 12.0 Å². The molecule has 2 N–H and O–H groups in total. The summed E-state index contributed by atoms with van der Waals surface area (Å²) in [5, 5.41) is 14.6. The van der Waals surface area contributed by atoms with Gasteiger partial charge in [0.25, 0.3) is 5.91 Å². The molecule has 24 heavy (non-hydrogen) atoms. The number of anilines is 1. The van der Waals surface area contributed by atoms with E-state index < -0.39 is 11.9 Å². The van der Waals surface area contributed by atoms with E-state index in [4.69, 9.17) is 10.00 Å². The fourth-order valence-corrected chi connectivity index (χ4v) is 3.04. The summed E-state index contributed by atoms with van der Waals surface area (Å²) in [6.45, 7) is -0.385. The number of aromatic nitrogens is 1. The molecule has 0 saturated heterocycles. The first-order valence-electron chi connectivity index (χ1n) is 7.15. The van der Waals surface area contributed by atoms with Gasteiger partial charge in [-0.15, -0.1) is 11.3 Å². The van der Waals surface area contributed by atoms with Crippen molar-refractivity contribution in [2.45, 2.75) is 6.42 Å². The molecule has 3 aromatic rings. The molecule has 0 aliphatic rings. The number of esters is 1. The Bertz CT molecular complexity index is 936. The number of nitrogens with zero attached hydrogens (tertiary/aromatic N) is 1. The number of thiophene rings is 1. The standard InChI is InChI=1S/C17H13N3O3S/c18-8-11-5-6-24-17(11)20-15(21)10-23-16(22)7-12-9-19-14-4-2-1-3-13(12)14/h1-6,9,19H,7,10H2,(H,20,21). The molecule has 0 unspecified atom stereocenters. The first-order valence-corrected chi connectivity index (χ1v) is 8.03. The second-order valence-corrected chi connectivity index (χ2v) is 5.94. The molecule has 0 atom stereocenters. The lowest BCUT2D eigenvalue weighted by Crippen LogP contribution is -2.21. The van der Waals surface area contributed by atoms with Crippen molar-refractivity contribution in [3.63, 3.8) is 0 Å². The summed E-state index contributed by atoms with van der Waals surface area (Å²) in [6.07, 6.45) is 1.84. The zero-order chi connectivity index (χ0) is 16.9. The van der Waals surface area contributed by atoms with Crippen LogP contribution in [0, 0.1) is 11.3 Å². The first kappa shape index (κ1) is 15.8. The molecule has 6 nitrogen and oxygen atoms in total. The fourth-order valence-electron chi connectivity index (χ4n) is 2.29. The Morgan fingerprint density at radius 2 is 2.12 bits per heavy atom. The van der Waals surface area contributed by atoms with Gasteiger partial charge in [0, 0.05) is 17.1 Å². The number of H-pyrrole nitrogens is 1. The third-order valence-corrected chi connectivity index (χ3v) is 4.24. The highest BCUT2D eigenvalue weighted by Crippen LogP contribution is 2.22. The minimum atomic E-state index is -0.485. The number of para-hydroxylation sites is 1. The Morgan fingerprint density at radius 1 is 1.29 bits per heavy atom. The number of nitriles is 1. The van der Waals surface area contributed by atoms with Gasteiger partial charge in [0.15, 0.2) is 6.61 Å². The van der Waals surface area contributed by atoms with Crippen molar-refractivity contribution < 1.29 is 14.3 Å². The van der Waals surface area contributed by atoms with Gasteiger partial charge in [0.1, 0.15) is 11.1 Å². The van der Waals surface area contributed by atoms with E-state index in [-0.39, 0.29) is 13.0 Å². The van der Waals surface area contributed by atoms with E-state index in [9.17, 15) is 9.59 Å². The van der Waals surface area contributed by atoms with E-state index in [2.05, 4.69) is 10.3 Å². The molecule has 7 heteroatoms. The number of hydrogen-bond donors (Lipinski definition) is 2. The van der Waals surface area contributed by atoms with E-state index in [0.29, 0.717) is 10.6 Å². The van der Waals surface area contributed by atoms with Crippen LogP contribution in [0.4, 0.5) is 5.00 Å². The number of benzene rings is 1. The van der Waals surface area contributed by atoms with Crippen LogP contribution in [0.1, 0.15) is 11.1 Å². The Labute approximate surface area is 141 Å². The lowest BCUT2D eigenvalue weighted by Gasteiger charge is -2.05. The molecule has 0 aliphatic heterocycles. The summed E-state index contributed by atoms with van der Waals surface area (Å²) in [7, 11) is 0. The van der Waals surface area contributed by atoms with Gasteiger partial charge in [-0.25, -0.2) is 0 Å². The predicted octanol–water partition coefficient (Wildman–Crippen LogP) is 2.83. The lowest BCUT2D eigenvalue weighted by atomic mass is 10.1.